The van der Waals surface area contributed by atoms with E-state index in [0.29, 0.717) is 23.7 Å². The first-order valence-electron chi connectivity index (χ1n) is 13.3. The molecule has 0 unspecified atom stereocenters. The number of aromatic nitrogens is 4. The van der Waals surface area contributed by atoms with Crippen LogP contribution in [0.25, 0.3) is 16.7 Å². The Hall–Kier alpha value is -4.26. The van der Waals surface area contributed by atoms with Gasteiger partial charge in [0.1, 0.15) is 17.2 Å². The number of carbonyl (C=O) groups is 1. The number of carbonyl (C=O) groups excluding carboxylic acids is 1. The SMILES string of the molecule is Cc1nnc2nc(N3CCCCc4c(C#CC(C)(C)NC(=O)OC(C)(C)C)cccc43)c3c(F)c(F)ccc3n12. The molecule has 8 nitrogen and oxygen atoms in total. The fourth-order valence-electron chi connectivity index (χ4n) is 4.92. The maximum absolute atomic E-state index is 15.4. The lowest BCUT2D eigenvalue weighted by atomic mass is 9.99. The Balaban J connectivity index is 1.60. The average molecular weight is 547 g/mol. The highest BCUT2D eigenvalue weighted by atomic mass is 19.2. The minimum absolute atomic E-state index is 0.0717. The first-order valence-corrected chi connectivity index (χ1v) is 13.3. The van der Waals surface area contributed by atoms with Gasteiger partial charge in [0.05, 0.1) is 16.4 Å². The molecule has 1 aliphatic heterocycles. The highest BCUT2D eigenvalue weighted by Gasteiger charge is 2.27. The van der Waals surface area contributed by atoms with Crippen molar-refractivity contribution in [3.05, 3.63) is 58.9 Å². The molecule has 0 radical (unpaired) electrons. The Bertz CT molecular complexity index is 1690. The highest BCUT2D eigenvalue weighted by Crippen LogP contribution is 2.38. The number of halogens is 2. The van der Waals surface area contributed by atoms with Crippen LogP contribution in [-0.2, 0) is 11.2 Å². The molecule has 1 N–H and O–H groups in total. The van der Waals surface area contributed by atoms with Crippen molar-refractivity contribution >= 4 is 34.3 Å². The largest absolute Gasteiger partial charge is 0.444 e. The predicted molar refractivity (Wildman–Crippen MR) is 150 cm³/mol. The minimum Gasteiger partial charge on any atom is -0.444 e. The van der Waals surface area contributed by atoms with Gasteiger partial charge < -0.3 is 15.0 Å². The standard InChI is InChI=1S/C30H32F2N6O2/c1-18-35-36-27-33-26(24-23(38(18)27)14-13-21(31)25(24)32)37-17-8-7-11-20-19(10-9-12-22(20)37)15-16-30(5,6)34-28(39)40-29(2,3)4/h9-10,12-14H,7-8,11,17H2,1-6H3,(H,34,39). The number of rotatable bonds is 2. The molecule has 10 heteroatoms. The summed E-state index contributed by atoms with van der Waals surface area (Å²) in [5.74, 6) is 5.61. The van der Waals surface area contributed by atoms with Crippen molar-refractivity contribution in [3.8, 4) is 11.8 Å². The lowest BCUT2D eigenvalue weighted by Gasteiger charge is -2.26. The topological polar surface area (TPSA) is 84.7 Å². The van der Waals surface area contributed by atoms with E-state index < -0.39 is 28.9 Å². The van der Waals surface area contributed by atoms with E-state index in [9.17, 15) is 9.18 Å². The maximum atomic E-state index is 15.4. The first kappa shape index (κ1) is 27.3. The van der Waals surface area contributed by atoms with Crippen molar-refractivity contribution in [1.29, 1.82) is 0 Å². The van der Waals surface area contributed by atoms with Gasteiger partial charge in [0, 0.05) is 17.8 Å². The number of amides is 1. The second-order valence-corrected chi connectivity index (χ2v) is 11.5. The highest BCUT2D eigenvalue weighted by molar-refractivity contribution is 5.94. The van der Waals surface area contributed by atoms with Crippen LogP contribution in [0.5, 0.6) is 0 Å². The van der Waals surface area contributed by atoms with Gasteiger partial charge in [-0.3, -0.25) is 4.40 Å². The van der Waals surface area contributed by atoms with Gasteiger partial charge in [0.25, 0.3) is 5.78 Å². The predicted octanol–water partition coefficient (Wildman–Crippen LogP) is 5.99. The molecule has 0 saturated carbocycles. The van der Waals surface area contributed by atoms with Gasteiger partial charge in [0.2, 0.25) is 0 Å². The summed E-state index contributed by atoms with van der Waals surface area (Å²) in [6, 6.07) is 8.39. The smallest absolute Gasteiger partial charge is 0.408 e. The molecule has 1 aliphatic rings. The fraction of sp³-hybridized carbons (Fsp3) is 0.400. The average Bonchev–Trinajstić information content (AvgIpc) is 3.10. The van der Waals surface area contributed by atoms with Gasteiger partial charge in [-0.25, -0.2) is 13.6 Å². The number of aryl methyl sites for hydroxylation is 1. The maximum Gasteiger partial charge on any atom is 0.408 e. The molecule has 4 aromatic rings. The third-order valence-corrected chi connectivity index (χ3v) is 6.63. The molecule has 0 atom stereocenters. The Morgan fingerprint density at radius 3 is 2.60 bits per heavy atom. The van der Waals surface area contributed by atoms with Crippen molar-refractivity contribution in [2.45, 2.75) is 71.9 Å². The van der Waals surface area contributed by atoms with E-state index in [1.54, 1.807) is 45.9 Å². The van der Waals surface area contributed by atoms with Crippen molar-refractivity contribution < 1.29 is 18.3 Å². The Kier molecular flexibility index (Phi) is 6.86. The number of hydrogen-bond acceptors (Lipinski definition) is 6. The van der Waals surface area contributed by atoms with Crippen LogP contribution >= 0.6 is 0 Å². The monoisotopic (exact) mass is 546 g/mol. The van der Waals surface area contributed by atoms with Crippen LogP contribution in [-0.4, -0.2) is 43.4 Å². The number of anilines is 2. The Morgan fingerprint density at radius 1 is 1.07 bits per heavy atom. The van der Waals surface area contributed by atoms with Gasteiger partial charge in [-0.05, 0) is 90.6 Å². The molecule has 2 aromatic carbocycles. The molecule has 0 bridgehead atoms. The lowest BCUT2D eigenvalue weighted by molar-refractivity contribution is 0.0494. The molecule has 3 heterocycles. The number of nitrogens with zero attached hydrogens (tertiary/aromatic N) is 5. The van der Waals surface area contributed by atoms with Gasteiger partial charge in [0.15, 0.2) is 11.6 Å². The summed E-state index contributed by atoms with van der Waals surface area (Å²) in [6.45, 7) is 11.3. The van der Waals surface area contributed by atoms with E-state index in [-0.39, 0.29) is 11.2 Å². The summed E-state index contributed by atoms with van der Waals surface area (Å²) in [7, 11) is 0. The number of benzene rings is 2. The molecule has 0 spiro atoms. The van der Waals surface area contributed by atoms with E-state index in [4.69, 9.17) is 4.74 Å². The molecule has 0 aliphatic carbocycles. The van der Waals surface area contributed by atoms with Crippen LogP contribution < -0.4 is 10.2 Å². The van der Waals surface area contributed by atoms with Crippen molar-refractivity contribution in [2.24, 2.45) is 0 Å². The summed E-state index contributed by atoms with van der Waals surface area (Å²) in [5, 5.41) is 11.2. The second kappa shape index (κ2) is 10.0. The van der Waals surface area contributed by atoms with Gasteiger partial charge in [-0.1, -0.05) is 17.9 Å². The molecule has 5 rings (SSSR count). The molecule has 40 heavy (non-hydrogen) atoms. The zero-order valence-corrected chi connectivity index (χ0v) is 23.5. The quantitative estimate of drug-likeness (QED) is 0.311. The summed E-state index contributed by atoms with van der Waals surface area (Å²) < 4.78 is 37.0. The van der Waals surface area contributed by atoms with E-state index in [1.165, 1.54) is 6.07 Å². The van der Waals surface area contributed by atoms with Crippen LogP contribution in [0.4, 0.5) is 25.1 Å². The van der Waals surface area contributed by atoms with Crippen LogP contribution in [0, 0.1) is 30.4 Å². The Morgan fingerprint density at radius 2 is 1.85 bits per heavy atom. The van der Waals surface area contributed by atoms with Crippen LogP contribution in [0.1, 0.15) is 64.4 Å². The molecule has 2 aromatic heterocycles. The summed E-state index contributed by atoms with van der Waals surface area (Å²) in [4.78, 5) is 18.9. The summed E-state index contributed by atoms with van der Waals surface area (Å²) in [5.41, 5.74) is 1.55. The number of fused-ring (bicyclic) bond motifs is 4. The van der Waals surface area contributed by atoms with Crippen molar-refractivity contribution in [2.75, 3.05) is 11.4 Å². The third kappa shape index (κ3) is 5.28. The molecular weight excluding hydrogens is 514 g/mol. The Labute approximate surface area is 231 Å². The zero-order chi connectivity index (χ0) is 28.8. The van der Waals surface area contributed by atoms with E-state index >= 15 is 4.39 Å². The fourth-order valence-corrected chi connectivity index (χ4v) is 4.92. The molecule has 0 saturated heterocycles. The number of ether oxygens (including phenoxy) is 1. The molecule has 1 amide bonds. The lowest BCUT2D eigenvalue weighted by Crippen LogP contribution is -2.44. The van der Waals surface area contributed by atoms with Crippen LogP contribution in [0.15, 0.2) is 30.3 Å². The molecule has 208 valence electrons. The third-order valence-electron chi connectivity index (χ3n) is 6.63. The van der Waals surface area contributed by atoms with E-state index in [1.807, 2.05) is 23.1 Å². The van der Waals surface area contributed by atoms with Gasteiger partial charge >= 0.3 is 6.09 Å². The van der Waals surface area contributed by atoms with Gasteiger partial charge in [-0.15, -0.1) is 10.2 Å². The summed E-state index contributed by atoms with van der Waals surface area (Å²) in [6.07, 6.45) is 1.89. The molecule has 0 fully saturated rings. The van der Waals surface area contributed by atoms with Crippen molar-refractivity contribution in [3.63, 3.8) is 0 Å². The first-order chi connectivity index (χ1) is 18.8. The number of nitrogens with one attached hydrogen (secondary N) is 1. The number of hydrogen-bond donors (Lipinski definition) is 1. The van der Waals surface area contributed by atoms with E-state index in [0.717, 1.165) is 42.1 Å². The zero-order valence-electron chi connectivity index (χ0n) is 23.5. The number of alkyl carbamates (subject to hydrolysis) is 1. The van der Waals surface area contributed by atoms with Crippen LogP contribution in [0.2, 0.25) is 0 Å². The van der Waals surface area contributed by atoms with Crippen LogP contribution in [0.3, 0.4) is 0 Å². The minimum atomic E-state index is -0.966. The molecular formula is C30H32F2N6O2. The second-order valence-electron chi connectivity index (χ2n) is 11.5. The van der Waals surface area contributed by atoms with Gasteiger partial charge in [-0.2, -0.15) is 4.98 Å². The van der Waals surface area contributed by atoms with E-state index in [2.05, 4.69) is 32.3 Å². The van der Waals surface area contributed by atoms with Crippen molar-refractivity contribution in [1.82, 2.24) is 24.9 Å². The normalized spacial score (nSPS) is 13.9. The summed E-state index contributed by atoms with van der Waals surface area (Å²) >= 11 is 0.